The van der Waals surface area contributed by atoms with Crippen molar-refractivity contribution in [3.05, 3.63) is 24.3 Å². The summed E-state index contributed by atoms with van der Waals surface area (Å²) in [5.41, 5.74) is 1.91. The molecule has 0 aliphatic rings. The van der Waals surface area contributed by atoms with Crippen LogP contribution in [0.15, 0.2) is 29.4 Å². The molecule has 5 heteroatoms. The predicted molar refractivity (Wildman–Crippen MR) is 93.1 cm³/mol. The number of H-pyrrole nitrogens is 1. The molecule has 0 unspecified atom stereocenters. The molecular formula is C17H25N3OS. The molecule has 0 radical (unpaired) electrons. The SMILES string of the molecule is CC(C)(C)CC(C)(C)NC(=O)CSc1nc2ccccc2[nH]1. The van der Waals surface area contributed by atoms with E-state index in [1.807, 2.05) is 24.3 Å². The molecule has 1 heterocycles. The largest absolute Gasteiger partial charge is 0.350 e. The number of hydrogen-bond donors (Lipinski definition) is 2. The van der Waals surface area contributed by atoms with Crippen molar-refractivity contribution >= 4 is 28.7 Å². The number of para-hydroxylation sites is 2. The summed E-state index contributed by atoms with van der Waals surface area (Å²) in [6.45, 7) is 10.7. The van der Waals surface area contributed by atoms with E-state index in [0.29, 0.717) is 5.75 Å². The molecule has 0 fully saturated rings. The Morgan fingerprint density at radius 3 is 2.55 bits per heavy atom. The van der Waals surface area contributed by atoms with Crippen LogP contribution in [0.2, 0.25) is 0 Å². The Morgan fingerprint density at radius 2 is 1.91 bits per heavy atom. The first kappa shape index (κ1) is 16.9. The van der Waals surface area contributed by atoms with Crippen LogP contribution in [-0.4, -0.2) is 27.2 Å². The second-order valence-electron chi connectivity index (χ2n) is 7.52. The molecular weight excluding hydrogens is 294 g/mol. The van der Waals surface area contributed by atoms with E-state index in [2.05, 4.69) is 49.9 Å². The van der Waals surface area contributed by atoms with Crippen molar-refractivity contribution in [1.82, 2.24) is 15.3 Å². The maximum absolute atomic E-state index is 12.2. The Hall–Kier alpha value is -1.49. The third-order valence-electron chi connectivity index (χ3n) is 3.16. The number of hydrogen-bond acceptors (Lipinski definition) is 3. The van der Waals surface area contributed by atoms with Crippen molar-refractivity contribution in [2.75, 3.05) is 5.75 Å². The fourth-order valence-corrected chi connectivity index (χ4v) is 3.60. The lowest BCUT2D eigenvalue weighted by molar-refractivity contribution is -0.120. The summed E-state index contributed by atoms with van der Waals surface area (Å²) in [5, 5.41) is 3.90. The van der Waals surface area contributed by atoms with Gasteiger partial charge in [-0.3, -0.25) is 4.79 Å². The highest BCUT2D eigenvalue weighted by atomic mass is 32.2. The van der Waals surface area contributed by atoms with E-state index < -0.39 is 0 Å². The van der Waals surface area contributed by atoms with Crippen LogP contribution in [0.4, 0.5) is 0 Å². The standard InChI is InChI=1S/C17H25N3OS/c1-16(2,3)11-17(4,5)20-14(21)10-22-15-18-12-8-6-7-9-13(12)19-15/h6-9H,10-11H2,1-5H3,(H,18,19)(H,20,21). The van der Waals surface area contributed by atoms with Crippen LogP contribution in [-0.2, 0) is 4.79 Å². The van der Waals surface area contributed by atoms with Gasteiger partial charge in [0.1, 0.15) is 0 Å². The van der Waals surface area contributed by atoms with E-state index in [-0.39, 0.29) is 16.9 Å². The van der Waals surface area contributed by atoms with Crippen LogP contribution in [0, 0.1) is 5.41 Å². The number of aromatic amines is 1. The van der Waals surface area contributed by atoms with Gasteiger partial charge in [0.2, 0.25) is 5.91 Å². The van der Waals surface area contributed by atoms with Gasteiger partial charge in [-0.2, -0.15) is 0 Å². The molecule has 2 rings (SSSR count). The van der Waals surface area contributed by atoms with Crippen molar-refractivity contribution in [2.45, 2.75) is 51.7 Å². The molecule has 22 heavy (non-hydrogen) atoms. The third kappa shape index (κ3) is 5.05. The monoisotopic (exact) mass is 319 g/mol. The summed E-state index contributed by atoms with van der Waals surface area (Å²) in [6, 6.07) is 7.87. The Balaban J connectivity index is 1.89. The van der Waals surface area contributed by atoms with Gasteiger partial charge in [0.25, 0.3) is 0 Å². The smallest absolute Gasteiger partial charge is 0.230 e. The second kappa shape index (κ2) is 6.32. The number of amides is 1. The fourth-order valence-electron chi connectivity index (χ4n) is 2.92. The summed E-state index contributed by atoms with van der Waals surface area (Å²) >= 11 is 1.43. The van der Waals surface area contributed by atoms with E-state index in [4.69, 9.17) is 0 Å². The summed E-state index contributed by atoms with van der Waals surface area (Å²) in [4.78, 5) is 19.9. The van der Waals surface area contributed by atoms with Crippen LogP contribution < -0.4 is 5.32 Å². The Bertz CT molecular complexity index is 622. The molecule has 120 valence electrons. The Labute approximate surface area is 136 Å². The van der Waals surface area contributed by atoms with E-state index in [0.717, 1.165) is 22.6 Å². The molecule has 1 aromatic heterocycles. The fraction of sp³-hybridized carbons (Fsp3) is 0.529. The van der Waals surface area contributed by atoms with Crippen molar-refractivity contribution in [2.24, 2.45) is 5.41 Å². The first-order valence-electron chi connectivity index (χ1n) is 7.53. The summed E-state index contributed by atoms with van der Waals surface area (Å²) in [5.74, 6) is 0.410. The number of nitrogens with one attached hydrogen (secondary N) is 2. The normalized spacial score (nSPS) is 12.6. The van der Waals surface area contributed by atoms with Crippen LogP contribution in [0.25, 0.3) is 11.0 Å². The number of carbonyl (C=O) groups is 1. The lowest BCUT2D eigenvalue weighted by Gasteiger charge is -2.33. The van der Waals surface area contributed by atoms with E-state index >= 15 is 0 Å². The van der Waals surface area contributed by atoms with Gasteiger partial charge in [-0.25, -0.2) is 4.98 Å². The molecule has 4 nitrogen and oxygen atoms in total. The van der Waals surface area contributed by atoms with Crippen molar-refractivity contribution < 1.29 is 4.79 Å². The van der Waals surface area contributed by atoms with Gasteiger partial charge in [-0.05, 0) is 37.8 Å². The molecule has 0 aliphatic heterocycles. The van der Waals surface area contributed by atoms with Crippen LogP contribution in [0.5, 0.6) is 0 Å². The zero-order valence-electron chi connectivity index (χ0n) is 14.0. The summed E-state index contributed by atoms with van der Waals surface area (Å²) in [6.07, 6.45) is 0.932. The van der Waals surface area contributed by atoms with Gasteiger partial charge in [-0.15, -0.1) is 0 Å². The van der Waals surface area contributed by atoms with Crippen molar-refractivity contribution in [1.29, 1.82) is 0 Å². The average Bonchev–Trinajstić information content (AvgIpc) is 2.75. The number of rotatable bonds is 5. The van der Waals surface area contributed by atoms with E-state index in [9.17, 15) is 4.79 Å². The van der Waals surface area contributed by atoms with Crippen molar-refractivity contribution in [3.63, 3.8) is 0 Å². The van der Waals surface area contributed by atoms with Gasteiger partial charge >= 0.3 is 0 Å². The topological polar surface area (TPSA) is 57.8 Å². The Morgan fingerprint density at radius 1 is 1.23 bits per heavy atom. The molecule has 0 aliphatic carbocycles. The number of benzene rings is 1. The van der Waals surface area contributed by atoms with Gasteiger partial charge in [0.05, 0.1) is 16.8 Å². The van der Waals surface area contributed by atoms with Gasteiger partial charge in [0, 0.05) is 5.54 Å². The molecule has 0 bridgehead atoms. The van der Waals surface area contributed by atoms with Crippen LogP contribution >= 0.6 is 11.8 Å². The van der Waals surface area contributed by atoms with Gasteiger partial charge < -0.3 is 10.3 Å². The second-order valence-corrected chi connectivity index (χ2v) is 8.48. The molecule has 1 amide bonds. The lowest BCUT2D eigenvalue weighted by Crippen LogP contribution is -2.46. The zero-order chi connectivity index (χ0) is 16.4. The third-order valence-corrected chi connectivity index (χ3v) is 4.03. The van der Waals surface area contributed by atoms with E-state index in [1.165, 1.54) is 11.8 Å². The number of imidazole rings is 1. The summed E-state index contributed by atoms with van der Waals surface area (Å²) < 4.78 is 0. The number of nitrogens with zero attached hydrogens (tertiary/aromatic N) is 1. The number of aromatic nitrogens is 2. The minimum atomic E-state index is -0.205. The quantitative estimate of drug-likeness (QED) is 0.819. The molecule has 0 spiro atoms. The van der Waals surface area contributed by atoms with Crippen LogP contribution in [0.3, 0.4) is 0 Å². The van der Waals surface area contributed by atoms with Gasteiger partial charge in [-0.1, -0.05) is 44.7 Å². The average molecular weight is 319 g/mol. The highest BCUT2D eigenvalue weighted by Gasteiger charge is 2.26. The first-order valence-corrected chi connectivity index (χ1v) is 8.52. The van der Waals surface area contributed by atoms with Crippen LogP contribution in [0.1, 0.15) is 41.0 Å². The molecule has 2 N–H and O–H groups in total. The molecule has 0 saturated heterocycles. The zero-order valence-corrected chi connectivity index (χ0v) is 14.8. The van der Waals surface area contributed by atoms with Gasteiger partial charge in [0.15, 0.2) is 5.16 Å². The van der Waals surface area contributed by atoms with Crippen molar-refractivity contribution in [3.8, 4) is 0 Å². The molecule has 0 atom stereocenters. The first-order chi connectivity index (χ1) is 10.1. The summed E-state index contributed by atoms with van der Waals surface area (Å²) in [7, 11) is 0. The maximum Gasteiger partial charge on any atom is 0.230 e. The molecule has 1 aromatic carbocycles. The Kier molecular flexibility index (Phi) is 4.85. The number of fused-ring (bicyclic) bond motifs is 1. The highest BCUT2D eigenvalue weighted by molar-refractivity contribution is 7.99. The highest BCUT2D eigenvalue weighted by Crippen LogP contribution is 2.27. The number of thioether (sulfide) groups is 1. The lowest BCUT2D eigenvalue weighted by atomic mass is 9.82. The predicted octanol–water partition coefficient (Wildman–Crippen LogP) is 3.99. The minimum absolute atomic E-state index is 0.0414. The molecule has 2 aromatic rings. The maximum atomic E-state index is 12.2. The van der Waals surface area contributed by atoms with E-state index in [1.54, 1.807) is 0 Å². The number of carbonyl (C=O) groups excluding carboxylic acids is 1. The molecule has 0 saturated carbocycles. The minimum Gasteiger partial charge on any atom is -0.350 e.